The minimum Gasteiger partial charge on any atom is -0.382 e. The van der Waals surface area contributed by atoms with Gasteiger partial charge in [0, 0.05) is 72.9 Å². The minimum absolute atomic E-state index is 0.0506. The van der Waals surface area contributed by atoms with Crippen molar-refractivity contribution in [3.8, 4) is 21.7 Å². The number of Topliss-reactive ketones (excluding diaryl/α,β-unsaturated/α-hetero) is 1. The molecule has 5 rings (SSSR count). The van der Waals surface area contributed by atoms with E-state index in [4.69, 9.17) is 14.5 Å². The first-order valence-electron chi connectivity index (χ1n) is 14.0. The maximum absolute atomic E-state index is 14.2. The number of methoxy groups -OCH3 is 1. The lowest BCUT2D eigenvalue weighted by Gasteiger charge is -2.23. The van der Waals surface area contributed by atoms with Crippen molar-refractivity contribution in [3.63, 3.8) is 0 Å². The normalized spacial score (nSPS) is 15.6. The Hall–Kier alpha value is -4.53. The highest BCUT2D eigenvalue weighted by Crippen LogP contribution is 2.39. The summed E-state index contributed by atoms with van der Waals surface area (Å²) in [6.45, 7) is 3.12. The van der Waals surface area contributed by atoms with E-state index in [0.717, 1.165) is 21.9 Å². The number of thiazole rings is 1. The predicted octanol–water partition coefficient (Wildman–Crippen LogP) is 4.52. The number of anilines is 1. The van der Waals surface area contributed by atoms with E-state index in [2.05, 4.69) is 25.6 Å². The first-order valence-corrected chi connectivity index (χ1v) is 14.8. The lowest BCUT2D eigenvalue weighted by Crippen LogP contribution is -2.35. The Morgan fingerprint density at radius 3 is 2.60 bits per heavy atom. The Morgan fingerprint density at radius 2 is 1.87 bits per heavy atom. The number of pyridine rings is 2. The van der Waals surface area contributed by atoms with Crippen molar-refractivity contribution in [3.05, 3.63) is 82.2 Å². The van der Waals surface area contributed by atoms with Crippen molar-refractivity contribution in [2.45, 2.75) is 25.1 Å². The van der Waals surface area contributed by atoms with Gasteiger partial charge in [-0.05, 0) is 36.4 Å². The van der Waals surface area contributed by atoms with Crippen molar-refractivity contribution in [1.82, 2.24) is 20.3 Å². The zero-order chi connectivity index (χ0) is 32.0. The summed E-state index contributed by atoms with van der Waals surface area (Å²) in [6.07, 6.45) is 1.75. The number of ether oxygens (including phenoxy) is 2. The number of fused-ring (bicyclic) bond motifs is 1. The first-order chi connectivity index (χ1) is 21.6. The van der Waals surface area contributed by atoms with Crippen LogP contribution in [0.25, 0.3) is 27.8 Å². The Bertz CT molecular complexity index is 1790. The molecule has 3 aromatic heterocycles. The Morgan fingerprint density at radius 1 is 1.04 bits per heavy atom. The molecule has 2 N–H and O–H groups in total. The second-order valence-electron chi connectivity index (χ2n) is 10.0. The molecule has 0 saturated heterocycles. The first kappa shape index (κ1) is 31.9. The number of benzene rings is 1. The Kier molecular flexibility index (Phi) is 9.65. The van der Waals surface area contributed by atoms with E-state index in [1.54, 1.807) is 20.1 Å². The van der Waals surface area contributed by atoms with Crippen molar-refractivity contribution in [2.24, 2.45) is 4.99 Å². The van der Waals surface area contributed by atoms with Gasteiger partial charge in [-0.3, -0.25) is 20.1 Å². The van der Waals surface area contributed by atoms with E-state index in [9.17, 15) is 22.8 Å². The van der Waals surface area contributed by atoms with Gasteiger partial charge in [-0.25, -0.2) is 14.8 Å². The molecular weight excluding hydrogens is 609 g/mol. The lowest BCUT2D eigenvalue weighted by atomic mass is 9.87. The van der Waals surface area contributed by atoms with E-state index in [1.165, 1.54) is 24.7 Å². The van der Waals surface area contributed by atoms with Gasteiger partial charge in [0.1, 0.15) is 16.4 Å². The number of amides is 2. The summed E-state index contributed by atoms with van der Waals surface area (Å²) < 4.78 is 51.0. The fourth-order valence-corrected chi connectivity index (χ4v) is 5.64. The number of hydrogen-bond donors (Lipinski definition) is 2. The highest BCUT2D eigenvalue weighted by molar-refractivity contribution is 7.13. The topological polar surface area (TPSA) is 128 Å². The number of aromatic nitrogens is 3. The number of nitrogens with zero attached hydrogens (tertiary/aromatic N) is 4. The summed E-state index contributed by atoms with van der Waals surface area (Å²) in [7, 11) is 1.57. The SMILES string of the molecule is CCNC(=O)Nc1cc(-c2nc(C(F)(F)F)cs2)c(-c2cncc(C(=O)C3(CCOCCOC)C=c4ccccc4=N3)c2)cn1. The molecule has 14 heteroatoms. The smallest absolute Gasteiger partial charge is 0.382 e. The number of para-hydroxylation sites is 1. The lowest BCUT2D eigenvalue weighted by molar-refractivity contribution is -0.140. The molecule has 4 heterocycles. The number of ketones is 1. The third kappa shape index (κ3) is 7.24. The molecule has 0 bridgehead atoms. The van der Waals surface area contributed by atoms with Crippen LogP contribution in [-0.4, -0.2) is 65.8 Å². The highest BCUT2D eigenvalue weighted by atomic mass is 32.1. The van der Waals surface area contributed by atoms with E-state index in [1.807, 2.05) is 30.3 Å². The molecule has 0 spiro atoms. The number of nitrogens with one attached hydrogen (secondary N) is 2. The second kappa shape index (κ2) is 13.6. The predicted molar refractivity (Wildman–Crippen MR) is 162 cm³/mol. The summed E-state index contributed by atoms with van der Waals surface area (Å²) in [6, 6.07) is 9.94. The molecule has 0 radical (unpaired) electrons. The standard InChI is InChI=1S/C31H29F3N6O4S/c1-3-36-29(42)39-26-13-22(28-38-25(18-45-28)31(32,33)34)23(17-37-26)20-12-21(16-35-15-20)27(41)30(8-9-44-11-10-43-2)14-19-6-4-5-7-24(19)40-30/h4-7,12-18H,3,8-11H2,1-2H3,(H2,36,37,39,42). The number of carbonyl (C=O) groups excluding carboxylic acids is 2. The van der Waals surface area contributed by atoms with Gasteiger partial charge in [-0.2, -0.15) is 13.2 Å². The molecule has 1 aliphatic rings. The van der Waals surface area contributed by atoms with Gasteiger partial charge in [-0.15, -0.1) is 11.3 Å². The average Bonchev–Trinajstić information content (AvgIpc) is 3.67. The minimum atomic E-state index is -4.64. The molecule has 1 aliphatic heterocycles. The van der Waals surface area contributed by atoms with E-state index in [-0.39, 0.29) is 40.8 Å². The summed E-state index contributed by atoms with van der Waals surface area (Å²) in [5, 5.41) is 7.61. The average molecular weight is 639 g/mol. The molecular formula is C31H29F3N6O4S. The molecule has 1 unspecified atom stereocenters. The van der Waals surface area contributed by atoms with E-state index < -0.39 is 23.4 Å². The summed E-state index contributed by atoms with van der Waals surface area (Å²) in [5.41, 5.74) is -1.00. The van der Waals surface area contributed by atoms with Crippen molar-refractivity contribution < 1.29 is 32.2 Å². The summed E-state index contributed by atoms with van der Waals surface area (Å²) in [4.78, 5) is 43.5. The fourth-order valence-electron chi connectivity index (χ4n) is 4.79. The number of hydrogen-bond acceptors (Lipinski definition) is 9. The maximum Gasteiger partial charge on any atom is 0.434 e. The van der Waals surface area contributed by atoms with Crippen molar-refractivity contribution in [1.29, 1.82) is 0 Å². The van der Waals surface area contributed by atoms with Gasteiger partial charge >= 0.3 is 12.2 Å². The van der Waals surface area contributed by atoms with Crippen LogP contribution >= 0.6 is 11.3 Å². The van der Waals surface area contributed by atoms with Gasteiger partial charge in [-0.1, -0.05) is 18.2 Å². The molecule has 10 nitrogen and oxygen atoms in total. The quantitative estimate of drug-likeness (QED) is 0.173. The molecule has 45 heavy (non-hydrogen) atoms. The van der Waals surface area contributed by atoms with E-state index >= 15 is 0 Å². The molecule has 2 amide bonds. The monoisotopic (exact) mass is 638 g/mol. The van der Waals surface area contributed by atoms with Crippen LogP contribution in [0, 0.1) is 0 Å². The number of urea groups is 1. The third-order valence-electron chi connectivity index (χ3n) is 6.92. The van der Waals surface area contributed by atoms with Gasteiger partial charge in [0.2, 0.25) is 0 Å². The molecule has 1 atom stereocenters. The van der Waals surface area contributed by atoms with Gasteiger partial charge in [0.25, 0.3) is 0 Å². The van der Waals surface area contributed by atoms with Crippen LogP contribution in [0.1, 0.15) is 29.4 Å². The van der Waals surface area contributed by atoms with Crippen LogP contribution in [0.2, 0.25) is 0 Å². The molecule has 234 valence electrons. The van der Waals surface area contributed by atoms with Crippen LogP contribution in [0.3, 0.4) is 0 Å². The fraction of sp³-hybridized carbons (Fsp3) is 0.290. The molecule has 4 aromatic rings. The van der Waals surface area contributed by atoms with Gasteiger partial charge < -0.3 is 14.8 Å². The molecule has 1 aromatic carbocycles. The third-order valence-corrected chi connectivity index (χ3v) is 7.80. The van der Waals surface area contributed by atoms with Crippen LogP contribution in [-0.2, 0) is 15.7 Å². The van der Waals surface area contributed by atoms with Crippen LogP contribution in [0.5, 0.6) is 0 Å². The molecule has 0 fully saturated rings. The zero-order valence-corrected chi connectivity index (χ0v) is 25.2. The summed E-state index contributed by atoms with van der Waals surface area (Å²) in [5.74, 6) is -0.214. The number of rotatable bonds is 12. The zero-order valence-electron chi connectivity index (χ0n) is 24.4. The van der Waals surface area contributed by atoms with Crippen LogP contribution in [0.4, 0.5) is 23.8 Å². The number of halogens is 3. The second-order valence-corrected chi connectivity index (χ2v) is 10.9. The summed E-state index contributed by atoms with van der Waals surface area (Å²) >= 11 is 0.797. The van der Waals surface area contributed by atoms with E-state index in [0.29, 0.717) is 36.2 Å². The van der Waals surface area contributed by atoms with Gasteiger partial charge in [0.05, 0.1) is 18.6 Å². The number of carbonyl (C=O) groups is 2. The highest BCUT2D eigenvalue weighted by Gasteiger charge is 2.39. The molecule has 0 aliphatic carbocycles. The molecule has 0 saturated carbocycles. The largest absolute Gasteiger partial charge is 0.434 e. The Labute approximate surface area is 260 Å². The van der Waals surface area contributed by atoms with Crippen molar-refractivity contribution >= 4 is 35.0 Å². The maximum atomic E-state index is 14.2. The van der Waals surface area contributed by atoms with Crippen molar-refractivity contribution in [2.75, 3.05) is 38.8 Å². The Balaban J connectivity index is 1.54. The van der Waals surface area contributed by atoms with Gasteiger partial charge in [0.15, 0.2) is 11.5 Å². The van der Waals surface area contributed by atoms with Crippen LogP contribution < -0.4 is 21.2 Å². The number of alkyl halides is 3. The van der Waals surface area contributed by atoms with Crippen LogP contribution in [0.15, 0.2) is 65.4 Å².